The predicted molar refractivity (Wildman–Crippen MR) is 125 cm³/mol. The van der Waals surface area contributed by atoms with E-state index in [0.29, 0.717) is 11.3 Å². The van der Waals surface area contributed by atoms with Crippen LogP contribution >= 0.6 is 0 Å². The van der Waals surface area contributed by atoms with Crippen LogP contribution in [0.3, 0.4) is 0 Å². The molecule has 6 nitrogen and oxygen atoms in total. The molecule has 0 aliphatic rings. The van der Waals surface area contributed by atoms with Crippen molar-refractivity contribution < 1.29 is 14.3 Å². The molecule has 3 rings (SSSR count). The maximum Gasteiger partial charge on any atom is 0.258 e. The average Bonchev–Trinajstić information content (AvgIpc) is 2.78. The molecular formula is C25H27N3O3. The Morgan fingerprint density at radius 2 is 1.48 bits per heavy atom. The van der Waals surface area contributed by atoms with Crippen molar-refractivity contribution in [1.29, 1.82) is 0 Å². The van der Waals surface area contributed by atoms with Crippen LogP contribution in [0.2, 0.25) is 0 Å². The van der Waals surface area contributed by atoms with Crippen LogP contribution in [0.15, 0.2) is 78.9 Å². The summed E-state index contributed by atoms with van der Waals surface area (Å²) in [5.41, 5.74) is 2.86. The SMILES string of the molecule is CC(C)Oc1ccc(NC(=O)CNc2ccc(C(=O)N(C)c3ccccc3)cc2)cc1. The van der Waals surface area contributed by atoms with Crippen LogP contribution in [0.4, 0.5) is 17.1 Å². The van der Waals surface area contributed by atoms with Crippen LogP contribution in [0, 0.1) is 0 Å². The molecule has 0 aliphatic heterocycles. The number of carbonyl (C=O) groups excluding carboxylic acids is 2. The highest BCUT2D eigenvalue weighted by atomic mass is 16.5. The van der Waals surface area contributed by atoms with Crippen molar-refractivity contribution in [3.8, 4) is 5.75 Å². The number of nitrogens with zero attached hydrogens (tertiary/aromatic N) is 1. The molecule has 2 N–H and O–H groups in total. The summed E-state index contributed by atoms with van der Waals surface area (Å²) in [5, 5.41) is 5.91. The lowest BCUT2D eigenvalue weighted by atomic mass is 10.1. The van der Waals surface area contributed by atoms with Gasteiger partial charge < -0.3 is 20.3 Å². The minimum Gasteiger partial charge on any atom is -0.491 e. The van der Waals surface area contributed by atoms with Gasteiger partial charge in [-0.3, -0.25) is 9.59 Å². The lowest BCUT2D eigenvalue weighted by molar-refractivity contribution is -0.114. The summed E-state index contributed by atoms with van der Waals surface area (Å²) in [4.78, 5) is 26.4. The Hall–Kier alpha value is -3.80. The summed E-state index contributed by atoms with van der Waals surface area (Å²) in [6.07, 6.45) is 0.102. The Morgan fingerprint density at radius 1 is 0.871 bits per heavy atom. The van der Waals surface area contributed by atoms with Gasteiger partial charge in [-0.05, 0) is 74.5 Å². The second-order valence-electron chi connectivity index (χ2n) is 7.37. The van der Waals surface area contributed by atoms with Crippen molar-refractivity contribution in [2.24, 2.45) is 0 Å². The predicted octanol–water partition coefficient (Wildman–Crippen LogP) is 4.80. The van der Waals surface area contributed by atoms with Gasteiger partial charge in [0.25, 0.3) is 5.91 Å². The second-order valence-corrected chi connectivity index (χ2v) is 7.37. The van der Waals surface area contributed by atoms with E-state index in [0.717, 1.165) is 17.1 Å². The molecule has 0 heterocycles. The molecule has 160 valence electrons. The molecule has 0 fully saturated rings. The number of ether oxygens (including phenoxy) is 1. The topological polar surface area (TPSA) is 70.7 Å². The quantitative estimate of drug-likeness (QED) is 0.552. The van der Waals surface area contributed by atoms with Crippen molar-refractivity contribution in [3.05, 3.63) is 84.4 Å². The number of benzene rings is 3. The van der Waals surface area contributed by atoms with E-state index in [1.807, 2.05) is 56.3 Å². The Bertz CT molecular complexity index is 1000. The van der Waals surface area contributed by atoms with E-state index in [1.165, 1.54) is 0 Å². The maximum absolute atomic E-state index is 12.6. The fourth-order valence-corrected chi connectivity index (χ4v) is 2.97. The number of rotatable bonds is 8. The molecule has 0 bridgehead atoms. The standard InChI is InChI=1S/C25H27N3O3/c1-18(2)31-23-15-13-21(14-16-23)27-24(29)17-26-20-11-9-19(10-12-20)25(30)28(3)22-7-5-4-6-8-22/h4-16,18,26H,17H2,1-3H3,(H,27,29). The number of hydrogen-bond donors (Lipinski definition) is 2. The third-order valence-electron chi connectivity index (χ3n) is 4.54. The number of hydrogen-bond acceptors (Lipinski definition) is 4. The van der Waals surface area contributed by atoms with Gasteiger partial charge in [0.15, 0.2) is 0 Å². The molecule has 0 saturated heterocycles. The van der Waals surface area contributed by atoms with Crippen molar-refractivity contribution >= 4 is 28.9 Å². The molecule has 3 aromatic carbocycles. The summed E-state index contributed by atoms with van der Waals surface area (Å²) >= 11 is 0. The van der Waals surface area contributed by atoms with Crippen LogP contribution < -0.4 is 20.3 Å². The van der Waals surface area contributed by atoms with Crippen molar-refractivity contribution in [3.63, 3.8) is 0 Å². The summed E-state index contributed by atoms with van der Waals surface area (Å²) < 4.78 is 5.59. The lowest BCUT2D eigenvalue weighted by Crippen LogP contribution is -2.26. The molecule has 6 heteroatoms. The monoisotopic (exact) mass is 417 g/mol. The largest absolute Gasteiger partial charge is 0.491 e. The van der Waals surface area contributed by atoms with E-state index < -0.39 is 0 Å². The fraction of sp³-hybridized carbons (Fsp3) is 0.200. The zero-order valence-electron chi connectivity index (χ0n) is 18.0. The molecule has 2 amide bonds. The van der Waals surface area contributed by atoms with Crippen LogP contribution in [-0.2, 0) is 4.79 Å². The smallest absolute Gasteiger partial charge is 0.258 e. The Balaban J connectivity index is 1.50. The highest BCUT2D eigenvalue weighted by Gasteiger charge is 2.13. The molecule has 0 unspecified atom stereocenters. The first kappa shape index (κ1) is 21.9. The highest BCUT2D eigenvalue weighted by molar-refractivity contribution is 6.05. The third-order valence-corrected chi connectivity index (χ3v) is 4.54. The summed E-state index contributed by atoms with van der Waals surface area (Å²) in [6, 6.07) is 23.8. The first-order valence-corrected chi connectivity index (χ1v) is 10.2. The van der Waals surface area contributed by atoms with Crippen molar-refractivity contribution in [1.82, 2.24) is 0 Å². The number of amides is 2. The number of para-hydroxylation sites is 1. The Labute approximate surface area is 182 Å². The molecule has 31 heavy (non-hydrogen) atoms. The molecule has 3 aromatic rings. The van der Waals surface area contributed by atoms with Gasteiger partial charge in [0.05, 0.1) is 12.6 Å². The lowest BCUT2D eigenvalue weighted by Gasteiger charge is -2.17. The molecule has 0 aromatic heterocycles. The fourth-order valence-electron chi connectivity index (χ4n) is 2.97. The third kappa shape index (κ3) is 6.34. The van der Waals surface area contributed by atoms with E-state index >= 15 is 0 Å². The first-order chi connectivity index (χ1) is 14.9. The van der Waals surface area contributed by atoms with Gasteiger partial charge in [-0.2, -0.15) is 0 Å². The van der Waals surface area contributed by atoms with E-state index in [9.17, 15) is 9.59 Å². The van der Waals surface area contributed by atoms with Gasteiger partial charge in [-0.15, -0.1) is 0 Å². The summed E-state index contributed by atoms with van der Waals surface area (Å²) in [5.74, 6) is 0.501. The first-order valence-electron chi connectivity index (χ1n) is 10.2. The summed E-state index contributed by atoms with van der Waals surface area (Å²) in [6.45, 7) is 4.04. The number of anilines is 3. The van der Waals surface area contributed by atoms with Gasteiger partial charge in [0.1, 0.15) is 5.75 Å². The molecule has 0 aliphatic carbocycles. The highest BCUT2D eigenvalue weighted by Crippen LogP contribution is 2.18. The summed E-state index contributed by atoms with van der Waals surface area (Å²) in [7, 11) is 1.75. The number of carbonyl (C=O) groups is 2. The van der Waals surface area contributed by atoms with E-state index in [4.69, 9.17) is 4.74 Å². The van der Waals surface area contributed by atoms with Crippen molar-refractivity contribution in [2.75, 3.05) is 29.1 Å². The molecular weight excluding hydrogens is 390 g/mol. The van der Waals surface area contributed by atoms with Crippen LogP contribution in [-0.4, -0.2) is 31.5 Å². The van der Waals surface area contributed by atoms with Crippen molar-refractivity contribution in [2.45, 2.75) is 20.0 Å². The van der Waals surface area contributed by atoms with Crippen LogP contribution in [0.25, 0.3) is 0 Å². The second kappa shape index (κ2) is 10.3. The van der Waals surface area contributed by atoms with Gasteiger partial charge in [0, 0.05) is 29.7 Å². The van der Waals surface area contributed by atoms with Crippen LogP contribution in [0.5, 0.6) is 5.75 Å². The minimum atomic E-state index is -0.165. The van der Waals surface area contributed by atoms with E-state index in [1.54, 1.807) is 48.3 Å². The van der Waals surface area contributed by atoms with Crippen LogP contribution in [0.1, 0.15) is 24.2 Å². The zero-order chi connectivity index (χ0) is 22.2. The Kier molecular flexibility index (Phi) is 7.27. The number of nitrogens with one attached hydrogen (secondary N) is 2. The van der Waals surface area contributed by atoms with Gasteiger partial charge in [-0.1, -0.05) is 18.2 Å². The normalized spacial score (nSPS) is 10.5. The molecule has 0 radical (unpaired) electrons. The molecule has 0 atom stereocenters. The maximum atomic E-state index is 12.6. The molecule has 0 spiro atoms. The van der Waals surface area contributed by atoms with Gasteiger partial charge in [-0.25, -0.2) is 0 Å². The minimum absolute atomic E-state index is 0.0969. The van der Waals surface area contributed by atoms with Gasteiger partial charge in [0.2, 0.25) is 5.91 Å². The molecule has 0 saturated carbocycles. The average molecular weight is 418 g/mol. The van der Waals surface area contributed by atoms with E-state index in [-0.39, 0.29) is 24.5 Å². The Morgan fingerprint density at radius 3 is 2.10 bits per heavy atom. The zero-order valence-corrected chi connectivity index (χ0v) is 18.0. The van der Waals surface area contributed by atoms with E-state index in [2.05, 4.69) is 10.6 Å². The van der Waals surface area contributed by atoms with Gasteiger partial charge >= 0.3 is 0 Å².